The summed E-state index contributed by atoms with van der Waals surface area (Å²) in [7, 11) is 0. The zero-order valence-electron chi connectivity index (χ0n) is 18.7. The summed E-state index contributed by atoms with van der Waals surface area (Å²) in [5.74, 6) is 0.251. The molecule has 0 radical (unpaired) electrons. The molecule has 32 heavy (non-hydrogen) atoms. The van der Waals surface area contributed by atoms with Gasteiger partial charge in [-0.2, -0.15) is 0 Å². The van der Waals surface area contributed by atoms with Crippen molar-refractivity contribution in [1.82, 2.24) is 5.32 Å². The predicted molar refractivity (Wildman–Crippen MR) is 132 cm³/mol. The molecule has 1 heterocycles. The molecule has 1 saturated heterocycles. The van der Waals surface area contributed by atoms with Crippen LogP contribution in [0.3, 0.4) is 0 Å². The molecule has 6 heteroatoms. The first kappa shape index (κ1) is 21.7. The molecule has 0 bridgehead atoms. The van der Waals surface area contributed by atoms with Crippen LogP contribution in [0, 0.1) is 5.92 Å². The molecule has 4 rings (SSSR count). The molecule has 0 atom stereocenters. The van der Waals surface area contributed by atoms with Crippen molar-refractivity contribution in [2.45, 2.75) is 26.7 Å². The lowest BCUT2D eigenvalue weighted by molar-refractivity contribution is 0.0949. The molecular formula is C26H30N4O2. The van der Waals surface area contributed by atoms with Gasteiger partial charge in [-0.25, -0.2) is 4.79 Å². The molecule has 1 aliphatic heterocycles. The molecule has 0 aliphatic carbocycles. The van der Waals surface area contributed by atoms with Crippen LogP contribution in [0.5, 0.6) is 0 Å². The van der Waals surface area contributed by atoms with Crippen molar-refractivity contribution in [3.63, 3.8) is 0 Å². The highest BCUT2D eigenvalue weighted by atomic mass is 16.2. The summed E-state index contributed by atoms with van der Waals surface area (Å²) in [4.78, 5) is 27.9. The van der Waals surface area contributed by atoms with Gasteiger partial charge in [0.15, 0.2) is 0 Å². The van der Waals surface area contributed by atoms with Crippen LogP contribution in [-0.4, -0.2) is 31.6 Å². The van der Waals surface area contributed by atoms with Gasteiger partial charge in [0, 0.05) is 36.4 Å². The zero-order chi connectivity index (χ0) is 22.5. The molecule has 3 amide bonds. The van der Waals surface area contributed by atoms with Crippen molar-refractivity contribution in [2.75, 3.05) is 35.2 Å². The number of urea groups is 1. The Bertz CT molecular complexity index is 1110. The van der Waals surface area contributed by atoms with Gasteiger partial charge in [-0.3, -0.25) is 4.79 Å². The maximum atomic E-state index is 12.9. The smallest absolute Gasteiger partial charge is 0.323 e. The van der Waals surface area contributed by atoms with E-state index in [1.165, 1.54) is 0 Å². The number of nitrogens with zero attached hydrogens (tertiary/aromatic N) is 1. The minimum Gasteiger partial charge on any atom is -0.371 e. The molecular weight excluding hydrogens is 400 g/mol. The minimum absolute atomic E-state index is 0.112. The Hall–Kier alpha value is -3.54. The number of nitrogens with one attached hydrogen (secondary N) is 3. The average molecular weight is 431 g/mol. The number of benzene rings is 3. The largest absolute Gasteiger partial charge is 0.371 e. The lowest BCUT2D eigenvalue weighted by Crippen LogP contribution is -2.30. The Balaban J connectivity index is 1.54. The monoisotopic (exact) mass is 430 g/mol. The van der Waals surface area contributed by atoms with Crippen LogP contribution in [0.4, 0.5) is 21.9 Å². The van der Waals surface area contributed by atoms with E-state index in [2.05, 4.69) is 34.7 Å². The third-order valence-corrected chi connectivity index (χ3v) is 5.65. The highest BCUT2D eigenvalue weighted by molar-refractivity contribution is 6.07. The van der Waals surface area contributed by atoms with Gasteiger partial charge in [-0.15, -0.1) is 0 Å². The number of amides is 3. The maximum absolute atomic E-state index is 12.9. The summed E-state index contributed by atoms with van der Waals surface area (Å²) >= 11 is 0. The molecule has 3 N–H and O–H groups in total. The number of hydrogen-bond acceptors (Lipinski definition) is 3. The van der Waals surface area contributed by atoms with Crippen molar-refractivity contribution >= 4 is 39.8 Å². The van der Waals surface area contributed by atoms with Crippen molar-refractivity contribution in [2.24, 2.45) is 5.92 Å². The van der Waals surface area contributed by atoms with Gasteiger partial charge in [-0.1, -0.05) is 50.2 Å². The van der Waals surface area contributed by atoms with E-state index in [1.54, 1.807) is 6.07 Å². The molecule has 6 nitrogen and oxygen atoms in total. The van der Waals surface area contributed by atoms with Crippen molar-refractivity contribution in [3.8, 4) is 0 Å². The molecule has 0 aromatic heterocycles. The van der Waals surface area contributed by atoms with Crippen LogP contribution in [0.15, 0.2) is 60.7 Å². The van der Waals surface area contributed by atoms with E-state index in [-0.39, 0.29) is 11.9 Å². The molecule has 1 fully saturated rings. The third-order valence-electron chi connectivity index (χ3n) is 5.65. The fourth-order valence-corrected chi connectivity index (χ4v) is 4.04. The molecule has 0 spiro atoms. The third kappa shape index (κ3) is 5.02. The summed E-state index contributed by atoms with van der Waals surface area (Å²) in [5, 5.41) is 10.9. The van der Waals surface area contributed by atoms with Crippen molar-refractivity contribution in [1.29, 1.82) is 0 Å². The molecule has 3 aromatic rings. The van der Waals surface area contributed by atoms with E-state index in [0.29, 0.717) is 23.7 Å². The van der Waals surface area contributed by atoms with Gasteiger partial charge in [0.05, 0.1) is 11.3 Å². The second-order valence-corrected chi connectivity index (χ2v) is 8.64. The Morgan fingerprint density at radius 3 is 2.47 bits per heavy atom. The first-order valence-electron chi connectivity index (χ1n) is 11.2. The second-order valence-electron chi connectivity index (χ2n) is 8.64. The van der Waals surface area contributed by atoms with E-state index in [0.717, 1.165) is 48.1 Å². The van der Waals surface area contributed by atoms with Crippen LogP contribution in [0.2, 0.25) is 0 Å². The Morgan fingerprint density at radius 2 is 1.69 bits per heavy atom. The first-order valence-corrected chi connectivity index (χ1v) is 11.2. The lowest BCUT2D eigenvalue weighted by Gasteiger charge is -2.22. The lowest BCUT2D eigenvalue weighted by atomic mass is 10.1. The molecule has 1 aliphatic rings. The van der Waals surface area contributed by atoms with Crippen LogP contribution < -0.4 is 20.9 Å². The van der Waals surface area contributed by atoms with Gasteiger partial charge in [0.2, 0.25) is 0 Å². The van der Waals surface area contributed by atoms with E-state index in [1.807, 2.05) is 54.6 Å². The van der Waals surface area contributed by atoms with Gasteiger partial charge in [-0.05, 0) is 48.4 Å². The molecule has 0 unspecified atom stereocenters. The fourth-order valence-electron chi connectivity index (χ4n) is 4.04. The van der Waals surface area contributed by atoms with Crippen molar-refractivity contribution < 1.29 is 9.59 Å². The Morgan fingerprint density at radius 1 is 0.938 bits per heavy atom. The van der Waals surface area contributed by atoms with Crippen molar-refractivity contribution in [3.05, 3.63) is 66.2 Å². The highest BCUT2D eigenvalue weighted by Crippen LogP contribution is 2.28. The van der Waals surface area contributed by atoms with Crippen LogP contribution in [0.25, 0.3) is 10.8 Å². The SMILES string of the molecule is CC(C)CNC(=O)c1cc(NC(=O)Nc2cccc3ccccc23)ccc1N1CCCC1. The van der Waals surface area contributed by atoms with E-state index in [4.69, 9.17) is 0 Å². The number of carbonyl (C=O) groups excluding carboxylic acids is 2. The summed E-state index contributed by atoms with van der Waals surface area (Å²) in [6.07, 6.45) is 2.25. The number of rotatable bonds is 6. The first-order chi connectivity index (χ1) is 15.5. The van der Waals surface area contributed by atoms with Crippen LogP contribution in [-0.2, 0) is 0 Å². The summed E-state index contributed by atoms with van der Waals surface area (Å²) in [5.41, 5.74) is 2.84. The summed E-state index contributed by atoms with van der Waals surface area (Å²) in [6.45, 7) is 6.63. The molecule has 166 valence electrons. The quantitative estimate of drug-likeness (QED) is 0.485. The predicted octanol–water partition coefficient (Wildman–Crippen LogP) is 5.47. The summed E-state index contributed by atoms with van der Waals surface area (Å²) < 4.78 is 0. The maximum Gasteiger partial charge on any atom is 0.323 e. The van der Waals surface area contributed by atoms with Gasteiger partial charge in [0.25, 0.3) is 5.91 Å². The van der Waals surface area contributed by atoms with Gasteiger partial charge < -0.3 is 20.9 Å². The minimum atomic E-state index is -0.344. The molecule has 0 saturated carbocycles. The van der Waals surface area contributed by atoms with Crippen LogP contribution in [0.1, 0.15) is 37.0 Å². The Kier molecular flexibility index (Phi) is 6.59. The van der Waals surface area contributed by atoms with E-state index >= 15 is 0 Å². The average Bonchev–Trinajstić information content (AvgIpc) is 3.32. The fraction of sp³-hybridized carbons (Fsp3) is 0.308. The second kappa shape index (κ2) is 9.73. The topological polar surface area (TPSA) is 73.5 Å². The number of hydrogen-bond donors (Lipinski definition) is 3. The van der Waals surface area contributed by atoms with Gasteiger partial charge in [0.1, 0.15) is 0 Å². The normalized spacial score (nSPS) is 13.4. The standard InChI is InChI=1S/C26H30N4O2/c1-18(2)17-27-25(31)22-16-20(12-13-24(22)30-14-5-6-15-30)28-26(32)29-23-11-7-9-19-8-3-4-10-21(19)23/h3-4,7-13,16,18H,5-6,14-15,17H2,1-2H3,(H,27,31)(H2,28,29,32). The van der Waals surface area contributed by atoms with E-state index < -0.39 is 0 Å². The Labute approximate surface area is 189 Å². The van der Waals surface area contributed by atoms with Gasteiger partial charge >= 0.3 is 6.03 Å². The highest BCUT2D eigenvalue weighted by Gasteiger charge is 2.20. The number of carbonyl (C=O) groups is 2. The number of fused-ring (bicyclic) bond motifs is 1. The zero-order valence-corrected chi connectivity index (χ0v) is 18.7. The van der Waals surface area contributed by atoms with E-state index in [9.17, 15) is 9.59 Å². The molecule has 3 aromatic carbocycles. The number of anilines is 3. The van der Waals surface area contributed by atoms with Crippen LogP contribution >= 0.6 is 0 Å². The summed E-state index contributed by atoms with van der Waals surface area (Å²) in [6, 6.07) is 18.9.